The second-order valence-corrected chi connectivity index (χ2v) is 6.15. The van der Waals surface area contributed by atoms with Crippen molar-refractivity contribution in [2.24, 2.45) is 0 Å². The first-order valence-electron chi connectivity index (χ1n) is 3.37. The minimum Gasteiger partial charge on any atom is -0.229 e. The van der Waals surface area contributed by atoms with E-state index in [4.69, 9.17) is 11.6 Å². The Labute approximate surface area is 77.6 Å². The first-order chi connectivity index (χ1) is 5.06. The molecule has 0 radical (unpaired) electrons. The van der Waals surface area contributed by atoms with E-state index < -0.39 is 9.84 Å². The summed E-state index contributed by atoms with van der Waals surface area (Å²) < 4.78 is 21.3. The third kappa shape index (κ3) is 10.6. The Bertz CT molecular complexity index is 177. The number of hydrogen-bond donors (Lipinski definition) is 0. The van der Waals surface area contributed by atoms with Crippen LogP contribution in [-0.2, 0) is 9.84 Å². The van der Waals surface area contributed by atoms with Crippen LogP contribution in [0.25, 0.3) is 0 Å². The largest absolute Gasteiger partial charge is 0.229 e. The van der Waals surface area contributed by atoms with E-state index in [2.05, 4.69) is 0 Å². The van der Waals surface area contributed by atoms with Gasteiger partial charge in [0.1, 0.15) is 9.84 Å². The van der Waals surface area contributed by atoms with Gasteiger partial charge in [0, 0.05) is 17.9 Å². The molecule has 0 N–H and O–H groups in total. The average Bonchev–Trinajstić information content (AvgIpc) is 1.85. The number of hydrogen-bond acceptors (Lipinski definition) is 3. The monoisotopic (exact) mass is 216 g/mol. The van der Waals surface area contributed by atoms with Crippen LogP contribution in [0, 0.1) is 0 Å². The summed E-state index contributed by atoms with van der Waals surface area (Å²) in [5, 5.41) is 0. The number of rotatable bonds is 6. The number of alkyl halides is 1. The number of halogens is 1. The van der Waals surface area contributed by atoms with Crippen molar-refractivity contribution in [3.63, 3.8) is 0 Å². The van der Waals surface area contributed by atoms with Gasteiger partial charge >= 0.3 is 0 Å². The zero-order valence-corrected chi connectivity index (χ0v) is 8.94. The summed E-state index contributed by atoms with van der Waals surface area (Å²) in [6, 6.07) is 0. The highest BCUT2D eigenvalue weighted by molar-refractivity contribution is 7.99. The van der Waals surface area contributed by atoms with Crippen LogP contribution in [0.2, 0.25) is 0 Å². The molecule has 0 aromatic heterocycles. The summed E-state index contributed by atoms with van der Waals surface area (Å²) in [5.41, 5.74) is 0. The van der Waals surface area contributed by atoms with E-state index in [-0.39, 0.29) is 0 Å². The second kappa shape index (κ2) is 6.14. The molecule has 0 aromatic rings. The van der Waals surface area contributed by atoms with Crippen LogP contribution < -0.4 is 0 Å². The Morgan fingerprint density at radius 1 is 1.36 bits per heavy atom. The van der Waals surface area contributed by atoms with E-state index in [1.54, 1.807) is 11.8 Å². The highest BCUT2D eigenvalue weighted by Crippen LogP contribution is 2.03. The third-order valence-corrected chi connectivity index (χ3v) is 3.54. The Morgan fingerprint density at radius 3 is 2.45 bits per heavy atom. The van der Waals surface area contributed by atoms with Crippen molar-refractivity contribution >= 4 is 33.2 Å². The molecule has 68 valence electrons. The van der Waals surface area contributed by atoms with E-state index in [1.807, 2.05) is 0 Å². The summed E-state index contributed by atoms with van der Waals surface area (Å²) in [7, 11) is -2.76. The standard InChI is InChI=1S/C6H13ClO2S2/c1-11(8,9)6-2-4-10-5-3-7/h2-6H2,1H3. The van der Waals surface area contributed by atoms with Crippen molar-refractivity contribution in [3.05, 3.63) is 0 Å². The molecular weight excluding hydrogens is 204 g/mol. The normalized spacial score (nSPS) is 11.8. The molecule has 2 nitrogen and oxygen atoms in total. The molecule has 0 fully saturated rings. The molecule has 5 heteroatoms. The molecule has 0 atom stereocenters. The predicted molar refractivity (Wildman–Crippen MR) is 52.4 cm³/mol. The molecule has 0 aromatic carbocycles. The fourth-order valence-electron chi connectivity index (χ4n) is 0.580. The molecule has 0 spiro atoms. The maximum Gasteiger partial charge on any atom is 0.147 e. The Morgan fingerprint density at radius 2 is 2.00 bits per heavy atom. The van der Waals surface area contributed by atoms with Gasteiger partial charge in [-0.25, -0.2) is 8.42 Å². The van der Waals surface area contributed by atoms with Crippen LogP contribution in [0.5, 0.6) is 0 Å². The lowest BCUT2D eigenvalue weighted by Crippen LogP contribution is -2.03. The molecule has 0 saturated carbocycles. The Hall–Kier alpha value is 0.590. The van der Waals surface area contributed by atoms with Gasteiger partial charge in [0.2, 0.25) is 0 Å². The lowest BCUT2D eigenvalue weighted by atomic mass is 10.6. The molecule has 0 aliphatic carbocycles. The quantitative estimate of drug-likeness (QED) is 0.497. The van der Waals surface area contributed by atoms with Crippen molar-refractivity contribution in [1.29, 1.82) is 0 Å². The summed E-state index contributed by atoms with van der Waals surface area (Å²) in [4.78, 5) is 0. The molecular formula is C6H13ClO2S2. The molecule has 0 bridgehead atoms. The van der Waals surface area contributed by atoms with Crippen molar-refractivity contribution in [2.75, 3.05) is 29.4 Å². The van der Waals surface area contributed by atoms with Gasteiger partial charge in [0.25, 0.3) is 0 Å². The molecule has 0 amide bonds. The van der Waals surface area contributed by atoms with Gasteiger partial charge in [-0.3, -0.25) is 0 Å². The third-order valence-electron chi connectivity index (χ3n) is 1.03. The van der Waals surface area contributed by atoms with E-state index in [1.165, 1.54) is 6.26 Å². The molecule has 0 rings (SSSR count). The van der Waals surface area contributed by atoms with E-state index in [0.717, 1.165) is 17.9 Å². The minimum absolute atomic E-state index is 0.294. The molecule has 0 aliphatic rings. The summed E-state index contributed by atoms with van der Waals surface area (Å²) in [5.74, 6) is 2.73. The van der Waals surface area contributed by atoms with Gasteiger partial charge in [-0.1, -0.05) is 0 Å². The van der Waals surface area contributed by atoms with Crippen LogP contribution >= 0.6 is 23.4 Å². The van der Waals surface area contributed by atoms with Crippen molar-refractivity contribution < 1.29 is 8.42 Å². The smallest absolute Gasteiger partial charge is 0.147 e. The SMILES string of the molecule is CS(=O)(=O)CCCSCCCl. The van der Waals surface area contributed by atoms with Crippen molar-refractivity contribution in [2.45, 2.75) is 6.42 Å². The Balaban J connectivity index is 3.16. The molecule has 0 unspecified atom stereocenters. The van der Waals surface area contributed by atoms with Gasteiger partial charge in [-0.2, -0.15) is 11.8 Å². The van der Waals surface area contributed by atoms with Gasteiger partial charge < -0.3 is 0 Å². The zero-order valence-electron chi connectivity index (χ0n) is 6.55. The maximum atomic E-state index is 10.6. The lowest BCUT2D eigenvalue weighted by Gasteiger charge is -1.97. The van der Waals surface area contributed by atoms with E-state index >= 15 is 0 Å². The molecule has 0 aliphatic heterocycles. The van der Waals surface area contributed by atoms with Crippen molar-refractivity contribution in [1.82, 2.24) is 0 Å². The molecule has 0 heterocycles. The van der Waals surface area contributed by atoms with E-state index in [0.29, 0.717) is 11.6 Å². The average molecular weight is 217 g/mol. The van der Waals surface area contributed by atoms with Crippen LogP contribution in [0.1, 0.15) is 6.42 Å². The van der Waals surface area contributed by atoms with Gasteiger partial charge in [-0.05, 0) is 12.2 Å². The van der Waals surface area contributed by atoms with Gasteiger partial charge in [0.05, 0.1) is 5.75 Å². The van der Waals surface area contributed by atoms with Crippen LogP contribution in [0.3, 0.4) is 0 Å². The first kappa shape index (κ1) is 11.6. The lowest BCUT2D eigenvalue weighted by molar-refractivity contribution is 0.600. The first-order valence-corrected chi connectivity index (χ1v) is 7.12. The zero-order chi connectivity index (χ0) is 8.74. The molecule has 0 saturated heterocycles. The second-order valence-electron chi connectivity index (χ2n) is 2.28. The fourth-order valence-corrected chi connectivity index (χ4v) is 2.42. The fraction of sp³-hybridized carbons (Fsp3) is 1.00. The maximum absolute atomic E-state index is 10.6. The number of thioether (sulfide) groups is 1. The predicted octanol–water partition coefficient (Wildman–Crippen LogP) is 1.39. The number of sulfone groups is 1. The van der Waals surface area contributed by atoms with Gasteiger partial charge in [0.15, 0.2) is 0 Å². The van der Waals surface area contributed by atoms with Crippen LogP contribution in [0.15, 0.2) is 0 Å². The highest BCUT2D eigenvalue weighted by Gasteiger charge is 2.00. The summed E-state index contributed by atoms with van der Waals surface area (Å²) >= 11 is 7.13. The highest BCUT2D eigenvalue weighted by atomic mass is 35.5. The van der Waals surface area contributed by atoms with Gasteiger partial charge in [-0.15, -0.1) is 11.6 Å². The minimum atomic E-state index is -2.76. The van der Waals surface area contributed by atoms with Crippen LogP contribution in [0.4, 0.5) is 0 Å². The molecule has 11 heavy (non-hydrogen) atoms. The Kier molecular flexibility index (Phi) is 6.47. The summed E-state index contributed by atoms with van der Waals surface area (Å²) in [6.45, 7) is 0. The summed E-state index contributed by atoms with van der Waals surface area (Å²) in [6.07, 6.45) is 2.00. The topological polar surface area (TPSA) is 34.1 Å². The van der Waals surface area contributed by atoms with Crippen LogP contribution in [-0.4, -0.2) is 37.8 Å². The van der Waals surface area contributed by atoms with Crippen molar-refractivity contribution in [3.8, 4) is 0 Å². The van der Waals surface area contributed by atoms with E-state index in [9.17, 15) is 8.42 Å².